The molecule has 2 aliphatic carbocycles. The van der Waals surface area contributed by atoms with Gasteiger partial charge in [-0.2, -0.15) is 0 Å². The molecule has 6 aromatic carbocycles. The Hall–Kier alpha value is -5.88. The molecular weight excluding hydrogens is 779 g/mol. The first-order chi connectivity index (χ1) is 30.3. The minimum absolute atomic E-state index is 0.108. The molecule has 0 amide bonds. The Morgan fingerprint density at radius 3 is 1.87 bits per heavy atom. The highest BCUT2D eigenvalue weighted by atomic mass is 16.5. The fraction of sp³-hybridized carbons (Fsp3) is 0.368. The monoisotopic (exact) mass is 839 g/mol. The number of methoxy groups -OCH3 is 4. The summed E-state index contributed by atoms with van der Waals surface area (Å²) in [5.41, 5.74) is 11.1. The van der Waals surface area contributed by atoms with Crippen molar-refractivity contribution < 1.29 is 23.7 Å². The zero-order valence-electron chi connectivity index (χ0n) is 38.5. The Labute approximate surface area is 373 Å². The predicted molar refractivity (Wildman–Crippen MR) is 257 cm³/mol. The molecule has 2 aliphatic heterocycles. The van der Waals surface area contributed by atoms with Crippen LogP contribution in [0.2, 0.25) is 0 Å². The van der Waals surface area contributed by atoms with Gasteiger partial charge < -0.3 is 28.6 Å². The van der Waals surface area contributed by atoms with Crippen molar-refractivity contribution in [2.24, 2.45) is 10.8 Å². The Bertz CT molecular complexity index is 2700. The summed E-state index contributed by atoms with van der Waals surface area (Å²) in [7, 11) is 6.89. The normalized spacial score (nSPS) is 19.8. The summed E-state index contributed by atoms with van der Waals surface area (Å²) in [6.07, 6.45) is 11.5. The second kappa shape index (κ2) is 15.1. The van der Waals surface area contributed by atoms with Crippen LogP contribution >= 0.6 is 0 Å². The lowest BCUT2D eigenvalue weighted by Crippen LogP contribution is -2.44. The van der Waals surface area contributed by atoms with E-state index in [-0.39, 0.29) is 16.2 Å². The zero-order chi connectivity index (χ0) is 43.9. The summed E-state index contributed by atoms with van der Waals surface area (Å²) in [5, 5.41) is 2.31. The zero-order valence-corrected chi connectivity index (χ0v) is 38.5. The third kappa shape index (κ3) is 6.57. The van der Waals surface area contributed by atoms with Crippen molar-refractivity contribution in [1.29, 1.82) is 0 Å². The number of benzene rings is 6. The van der Waals surface area contributed by atoms with Crippen molar-refractivity contribution >= 4 is 22.5 Å². The minimum atomic E-state index is -0.964. The molecule has 1 saturated heterocycles. The Kier molecular flexibility index (Phi) is 9.89. The Morgan fingerprint density at radius 1 is 0.619 bits per heavy atom. The van der Waals surface area contributed by atoms with Gasteiger partial charge in [0.15, 0.2) is 5.60 Å². The van der Waals surface area contributed by atoms with Gasteiger partial charge in [0.05, 0.1) is 28.4 Å². The van der Waals surface area contributed by atoms with Gasteiger partial charge in [0, 0.05) is 63.0 Å². The molecule has 1 unspecified atom stereocenters. The van der Waals surface area contributed by atoms with Gasteiger partial charge in [0.2, 0.25) is 0 Å². The van der Waals surface area contributed by atoms with Crippen molar-refractivity contribution in [2.45, 2.75) is 90.2 Å². The van der Waals surface area contributed by atoms with Gasteiger partial charge >= 0.3 is 0 Å². The van der Waals surface area contributed by atoms with E-state index in [2.05, 4.69) is 118 Å². The third-order valence-electron chi connectivity index (χ3n) is 14.7. The van der Waals surface area contributed by atoms with Crippen LogP contribution in [0, 0.1) is 10.8 Å². The summed E-state index contributed by atoms with van der Waals surface area (Å²) >= 11 is 0. The van der Waals surface area contributed by atoms with Gasteiger partial charge in [-0.3, -0.25) is 0 Å². The fourth-order valence-corrected chi connectivity index (χ4v) is 12.8. The maximum Gasteiger partial charge on any atom is 0.178 e. The van der Waals surface area contributed by atoms with Crippen molar-refractivity contribution in [2.75, 3.05) is 39.9 Å². The number of anilines is 1. The van der Waals surface area contributed by atoms with Crippen LogP contribution in [0.1, 0.15) is 101 Å². The second-order valence-electron chi connectivity index (χ2n) is 20.1. The second-order valence-corrected chi connectivity index (χ2v) is 20.1. The maximum absolute atomic E-state index is 7.97. The molecule has 324 valence electrons. The van der Waals surface area contributed by atoms with Crippen LogP contribution in [-0.2, 0) is 11.0 Å². The van der Waals surface area contributed by atoms with E-state index in [9.17, 15) is 0 Å². The minimum Gasteiger partial charge on any atom is -0.497 e. The van der Waals surface area contributed by atoms with Crippen LogP contribution in [0.5, 0.6) is 28.7 Å². The Balaban J connectivity index is 1.35. The van der Waals surface area contributed by atoms with E-state index in [0.717, 1.165) is 88.6 Å². The van der Waals surface area contributed by atoms with Crippen LogP contribution in [0.25, 0.3) is 39.1 Å². The summed E-state index contributed by atoms with van der Waals surface area (Å²) in [5.74, 6) is 4.03. The number of fused-ring (bicyclic) bond motifs is 10. The largest absolute Gasteiger partial charge is 0.497 e. The summed E-state index contributed by atoms with van der Waals surface area (Å²) in [6, 6.07) is 37.5. The maximum atomic E-state index is 7.97. The number of rotatable bonds is 8. The lowest BCUT2D eigenvalue weighted by molar-refractivity contribution is 0.0642. The van der Waals surface area contributed by atoms with E-state index in [1.165, 1.54) is 51.7 Å². The summed E-state index contributed by atoms with van der Waals surface area (Å²) < 4.78 is 31.2. The SMILES string of the molecule is COc1ccc(C2(c3ccc(OC)cc3)C=Cc3c4c(c5cc(N6CCCCC6C)c(-c6ccc(OC)cc6OC)cc5c3O2)-c2ccccc2C42CC(C)(C)CC(C)(C)C2)cc1. The van der Waals surface area contributed by atoms with E-state index < -0.39 is 5.60 Å². The van der Waals surface area contributed by atoms with E-state index in [0.29, 0.717) is 6.04 Å². The number of nitrogens with zero attached hydrogens (tertiary/aromatic N) is 1. The molecule has 6 aromatic rings. The quantitative estimate of drug-likeness (QED) is 0.152. The number of ether oxygens (including phenoxy) is 5. The van der Waals surface area contributed by atoms with Crippen LogP contribution in [-0.4, -0.2) is 41.0 Å². The van der Waals surface area contributed by atoms with Gasteiger partial charge in [-0.1, -0.05) is 82.3 Å². The molecule has 0 bridgehead atoms. The lowest BCUT2D eigenvalue weighted by atomic mass is 9.52. The van der Waals surface area contributed by atoms with E-state index in [1.807, 2.05) is 36.4 Å². The van der Waals surface area contributed by atoms with Gasteiger partial charge in [-0.25, -0.2) is 0 Å². The molecular formula is C57H61NO5. The predicted octanol–water partition coefficient (Wildman–Crippen LogP) is 13.8. The first-order valence-electron chi connectivity index (χ1n) is 22.8. The molecule has 0 aromatic heterocycles. The molecule has 10 rings (SSSR count). The van der Waals surface area contributed by atoms with Crippen molar-refractivity contribution in [1.82, 2.24) is 0 Å². The molecule has 6 heteroatoms. The highest BCUT2D eigenvalue weighted by Crippen LogP contribution is 2.67. The molecule has 1 atom stereocenters. The molecule has 0 radical (unpaired) electrons. The van der Waals surface area contributed by atoms with Gasteiger partial charge in [0.1, 0.15) is 28.7 Å². The van der Waals surface area contributed by atoms with Crippen LogP contribution < -0.4 is 28.6 Å². The van der Waals surface area contributed by atoms with Gasteiger partial charge in [-0.15, -0.1) is 0 Å². The molecule has 4 aliphatic rings. The molecule has 63 heavy (non-hydrogen) atoms. The molecule has 6 nitrogen and oxygen atoms in total. The molecule has 2 heterocycles. The molecule has 1 saturated carbocycles. The lowest BCUT2D eigenvalue weighted by Gasteiger charge is -2.52. The average molecular weight is 840 g/mol. The highest BCUT2D eigenvalue weighted by Gasteiger charge is 2.55. The average Bonchev–Trinajstić information content (AvgIpc) is 3.55. The van der Waals surface area contributed by atoms with Gasteiger partial charge in [0.25, 0.3) is 0 Å². The van der Waals surface area contributed by atoms with E-state index in [4.69, 9.17) is 23.7 Å². The number of piperidine rings is 1. The summed E-state index contributed by atoms with van der Waals surface area (Å²) in [6.45, 7) is 13.3. The van der Waals surface area contributed by atoms with Crippen molar-refractivity contribution in [3.05, 3.63) is 137 Å². The van der Waals surface area contributed by atoms with E-state index in [1.54, 1.807) is 28.4 Å². The highest BCUT2D eigenvalue weighted by molar-refractivity contribution is 6.12. The first-order valence-corrected chi connectivity index (χ1v) is 22.8. The van der Waals surface area contributed by atoms with Crippen LogP contribution in [0.15, 0.2) is 109 Å². The smallest absolute Gasteiger partial charge is 0.178 e. The molecule has 0 N–H and O–H groups in total. The van der Waals surface area contributed by atoms with E-state index >= 15 is 0 Å². The fourth-order valence-electron chi connectivity index (χ4n) is 12.8. The topological polar surface area (TPSA) is 49.4 Å². The van der Waals surface area contributed by atoms with Crippen molar-refractivity contribution in [3.8, 4) is 51.0 Å². The standard InChI is InChI=1S/C57H61NO5/c1-36-14-12-13-29-58(36)49-32-46-47(31-45(49)42-26-25-41(61-8)30-50(42)62-9)53-44(52-51(46)43-15-10-11-16-48(43)56(52)34-54(2,3)33-55(4,5)35-56)27-28-57(63-53,37-17-21-39(59-6)22-18-37)38-19-23-40(60-7)24-20-38/h10-11,15-28,30-32,36H,12-14,29,33-35H2,1-9H3. The van der Waals surface area contributed by atoms with Gasteiger partial charge in [-0.05, 0) is 139 Å². The van der Waals surface area contributed by atoms with Crippen molar-refractivity contribution in [3.63, 3.8) is 0 Å². The van der Waals surface area contributed by atoms with Crippen LogP contribution in [0.4, 0.5) is 5.69 Å². The first kappa shape index (κ1) is 41.1. The molecule has 1 spiro atoms. The number of hydrogen-bond donors (Lipinski definition) is 0. The number of hydrogen-bond acceptors (Lipinski definition) is 6. The molecule has 2 fully saturated rings. The Morgan fingerprint density at radius 2 is 1.25 bits per heavy atom. The summed E-state index contributed by atoms with van der Waals surface area (Å²) in [4.78, 5) is 2.65. The third-order valence-corrected chi connectivity index (χ3v) is 14.7. The van der Waals surface area contributed by atoms with Crippen LogP contribution in [0.3, 0.4) is 0 Å².